The average molecular weight is 449 g/mol. The summed E-state index contributed by atoms with van der Waals surface area (Å²) < 4.78 is 5.36. The maximum absolute atomic E-state index is 9.67. The molecule has 0 fully saturated rings. The van der Waals surface area contributed by atoms with Crippen molar-refractivity contribution < 1.29 is 9.84 Å². The van der Waals surface area contributed by atoms with Gasteiger partial charge in [-0.25, -0.2) is 4.99 Å². The molecule has 0 aromatic heterocycles. The lowest BCUT2D eigenvalue weighted by atomic mass is 10.1. The van der Waals surface area contributed by atoms with Gasteiger partial charge in [0.2, 0.25) is 0 Å². The topological polar surface area (TPSA) is 79.9 Å². The fourth-order valence-electron chi connectivity index (χ4n) is 2.28. The molecule has 0 heterocycles. The molecule has 0 saturated carbocycles. The maximum atomic E-state index is 9.67. The standard InChI is InChI=1S/C18H31N3O2.HI/c1-3-5-6-7-8-9-12-20-18(19)21-14-15-10-11-16(22)17(13-15)23-4-2;/h10-11,13,22H,3-9,12,14H2,1-2H3,(H3,19,20,21);1H. The number of aromatic hydroxyl groups is 1. The molecule has 5 nitrogen and oxygen atoms in total. The van der Waals surface area contributed by atoms with Gasteiger partial charge in [-0.05, 0) is 31.0 Å². The number of phenols is 1. The molecular formula is C18H32IN3O2. The van der Waals surface area contributed by atoms with Crippen molar-refractivity contribution >= 4 is 29.9 Å². The van der Waals surface area contributed by atoms with Crippen molar-refractivity contribution in [1.29, 1.82) is 0 Å². The van der Waals surface area contributed by atoms with Crippen LogP contribution >= 0.6 is 24.0 Å². The lowest BCUT2D eigenvalue weighted by molar-refractivity contribution is 0.318. The van der Waals surface area contributed by atoms with E-state index in [1.165, 1.54) is 32.1 Å². The molecule has 0 radical (unpaired) electrons. The lowest BCUT2D eigenvalue weighted by Gasteiger charge is -2.08. The molecule has 1 rings (SSSR count). The summed E-state index contributed by atoms with van der Waals surface area (Å²) in [6, 6.07) is 5.24. The number of nitrogens with one attached hydrogen (secondary N) is 1. The van der Waals surface area contributed by atoms with E-state index in [0.29, 0.717) is 24.9 Å². The normalized spacial score (nSPS) is 11.0. The number of halogens is 1. The van der Waals surface area contributed by atoms with E-state index in [-0.39, 0.29) is 29.7 Å². The number of hydrogen-bond acceptors (Lipinski definition) is 3. The summed E-state index contributed by atoms with van der Waals surface area (Å²) in [4.78, 5) is 4.32. The van der Waals surface area contributed by atoms with Crippen LogP contribution < -0.4 is 15.8 Å². The SMILES string of the molecule is CCCCCCCCNC(N)=NCc1ccc(O)c(OCC)c1.I. The van der Waals surface area contributed by atoms with Crippen LogP contribution in [0.4, 0.5) is 0 Å². The third-order valence-corrected chi connectivity index (χ3v) is 3.59. The molecule has 6 heteroatoms. The maximum Gasteiger partial charge on any atom is 0.188 e. The van der Waals surface area contributed by atoms with Crippen LogP contribution in [0.3, 0.4) is 0 Å². The molecule has 1 aromatic rings. The second kappa shape index (κ2) is 14.2. The van der Waals surface area contributed by atoms with Crippen molar-refractivity contribution in [1.82, 2.24) is 5.32 Å². The molecule has 0 atom stereocenters. The molecule has 4 N–H and O–H groups in total. The Bertz CT molecular complexity index is 481. The number of unbranched alkanes of at least 4 members (excludes halogenated alkanes) is 5. The second-order valence-corrected chi connectivity index (χ2v) is 5.63. The van der Waals surface area contributed by atoms with Crippen LogP contribution in [-0.4, -0.2) is 24.2 Å². The lowest BCUT2D eigenvalue weighted by Crippen LogP contribution is -2.32. The number of ether oxygens (including phenoxy) is 1. The van der Waals surface area contributed by atoms with E-state index in [0.717, 1.165) is 18.5 Å². The third-order valence-electron chi connectivity index (χ3n) is 3.59. The van der Waals surface area contributed by atoms with Crippen molar-refractivity contribution in [2.45, 2.75) is 58.9 Å². The van der Waals surface area contributed by atoms with Gasteiger partial charge in [-0.2, -0.15) is 0 Å². The Hall–Kier alpha value is -1.18. The van der Waals surface area contributed by atoms with Crippen LogP contribution in [0.25, 0.3) is 0 Å². The number of nitrogens with two attached hydrogens (primary N) is 1. The van der Waals surface area contributed by atoms with E-state index < -0.39 is 0 Å². The van der Waals surface area contributed by atoms with Crippen LogP contribution in [0, 0.1) is 0 Å². The van der Waals surface area contributed by atoms with Gasteiger partial charge in [0.1, 0.15) is 0 Å². The highest BCUT2D eigenvalue weighted by Gasteiger charge is 2.03. The first kappa shape index (κ1) is 22.8. The first-order valence-electron chi connectivity index (χ1n) is 8.65. The molecule has 0 saturated heterocycles. The van der Waals surface area contributed by atoms with Gasteiger partial charge in [-0.15, -0.1) is 24.0 Å². The molecule has 0 bridgehead atoms. The Morgan fingerprint density at radius 1 is 1.17 bits per heavy atom. The molecule has 1 aromatic carbocycles. The van der Waals surface area contributed by atoms with Crippen LogP contribution in [0.15, 0.2) is 23.2 Å². The fourth-order valence-corrected chi connectivity index (χ4v) is 2.28. The van der Waals surface area contributed by atoms with Gasteiger partial charge in [0.25, 0.3) is 0 Å². The average Bonchev–Trinajstić information content (AvgIpc) is 2.55. The Kier molecular flexibility index (Phi) is 13.5. The summed E-state index contributed by atoms with van der Waals surface area (Å²) in [7, 11) is 0. The van der Waals surface area contributed by atoms with Crippen molar-refractivity contribution in [3.63, 3.8) is 0 Å². The summed E-state index contributed by atoms with van der Waals surface area (Å²) in [6.45, 7) is 5.96. The van der Waals surface area contributed by atoms with Crippen LogP contribution in [0.1, 0.15) is 57.9 Å². The zero-order valence-corrected chi connectivity index (χ0v) is 17.2. The smallest absolute Gasteiger partial charge is 0.188 e. The first-order chi connectivity index (χ1) is 11.2. The molecule has 0 aliphatic carbocycles. The van der Waals surface area contributed by atoms with Gasteiger partial charge in [0.05, 0.1) is 13.2 Å². The number of nitrogens with zero attached hydrogens (tertiary/aromatic N) is 1. The fraction of sp³-hybridized carbons (Fsp3) is 0.611. The number of benzene rings is 1. The summed E-state index contributed by atoms with van der Waals surface area (Å²) in [5, 5.41) is 12.8. The zero-order valence-electron chi connectivity index (χ0n) is 14.9. The van der Waals surface area contributed by atoms with E-state index >= 15 is 0 Å². The molecule has 24 heavy (non-hydrogen) atoms. The number of guanidine groups is 1. The number of rotatable bonds is 11. The Labute approximate surface area is 163 Å². The molecule has 0 unspecified atom stereocenters. The minimum Gasteiger partial charge on any atom is -0.504 e. The first-order valence-corrected chi connectivity index (χ1v) is 8.65. The second-order valence-electron chi connectivity index (χ2n) is 5.63. The minimum absolute atomic E-state index is 0. The zero-order chi connectivity index (χ0) is 16.9. The van der Waals surface area contributed by atoms with E-state index in [9.17, 15) is 5.11 Å². The number of phenolic OH excluding ortho intramolecular Hbond substituents is 1. The Morgan fingerprint density at radius 2 is 1.88 bits per heavy atom. The van der Waals surface area contributed by atoms with Crippen molar-refractivity contribution in [3.05, 3.63) is 23.8 Å². The minimum atomic E-state index is 0. The van der Waals surface area contributed by atoms with Crippen LogP contribution in [-0.2, 0) is 6.54 Å². The Balaban J connectivity index is 0.00000529. The van der Waals surface area contributed by atoms with Crippen molar-refractivity contribution in [2.75, 3.05) is 13.2 Å². The largest absolute Gasteiger partial charge is 0.504 e. The highest BCUT2D eigenvalue weighted by Crippen LogP contribution is 2.26. The van der Waals surface area contributed by atoms with E-state index in [2.05, 4.69) is 17.2 Å². The molecule has 0 aliphatic rings. The van der Waals surface area contributed by atoms with Gasteiger partial charge in [-0.3, -0.25) is 0 Å². The summed E-state index contributed by atoms with van der Waals surface area (Å²) >= 11 is 0. The van der Waals surface area contributed by atoms with Gasteiger partial charge < -0.3 is 20.9 Å². The highest BCUT2D eigenvalue weighted by molar-refractivity contribution is 14.0. The van der Waals surface area contributed by atoms with Gasteiger partial charge in [0.15, 0.2) is 17.5 Å². The van der Waals surface area contributed by atoms with Crippen LogP contribution in [0.5, 0.6) is 11.5 Å². The summed E-state index contributed by atoms with van der Waals surface area (Å²) in [5.41, 5.74) is 6.82. The van der Waals surface area contributed by atoms with Gasteiger partial charge >= 0.3 is 0 Å². The molecule has 0 spiro atoms. The predicted molar refractivity (Wildman–Crippen MR) is 111 cm³/mol. The molecule has 0 amide bonds. The predicted octanol–water partition coefficient (Wildman–Crippen LogP) is 4.17. The van der Waals surface area contributed by atoms with Crippen molar-refractivity contribution in [2.24, 2.45) is 10.7 Å². The van der Waals surface area contributed by atoms with Crippen molar-refractivity contribution in [3.8, 4) is 11.5 Å². The van der Waals surface area contributed by atoms with E-state index in [1.54, 1.807) is 12.1 Å². The quantitative estimate of drug-likeness (QED) is 0.205. The molecule has 138 valence electrons. The highest BCUT2D eigenvalue weighted by atomic mass is 127. The summed E-state index contributed by atoms with van der Waals surface area (Å²) in [5.74, 6) is 1.09. The summed E-state index contributed by atoms with van der Waals surface area (Å²) in [6.07, 6.45) is 7.57. The van der Waals surface area contributed by atoms with E-state index in [1.807, 2.05) is 13.0 Å². The monoisotopic (exact) mass is 449 g/mol. The molecule has 0 aliphatic heterocycles. The Morgan fingerprint density at radius 3 is 2.58 bits per heavy atom. The number of hydrogen-bond donors (Lipinski definition) is 3. The van der Waals surface area contributed by atoms with Gasteiger partial charge in [0, 0.05) is 6.54 Å². The third kappa shape index (κ3) is 9.85. The number of aliphatic imine (C=N–C) groups is 1. The van der Waals surface area contributed by atoms with Gasteiger partial charge in [-0.1, -0.05) is 45.1 Å². The van der Waals surface area contributed by atoms with Crippen LogP contribution in [0.2, 0.25) is 0 Å². The molecular weight excluding hydrogens is 417 g/mol. The van der Waals surface area contributed by atoms with E-state index in [4.69, 9.17) is 10.5 Å².